The number of rotatable bonds is 18. The Bertz CT molecular complexity index is 2440. The van der Waals surface area contributed by atoms with Crippen molar-refractivity contribution in [1.82, 2.24) is 0 Å². The Morgan fingerprint density at radius 3 is 1.42 bits per heavy atom. The second-order valence-corrected chi connectivity index (χ2v) is 18.1. The minimum atomic E-state index is -5.17. The van der Waals surface area contributed by atoms with Gasteiger partial charge in [-0.25, -0.2) is 26.3 Å². The van der Waals surface area contributed by atoms with Crippen LogP contribution in [-0.2, 0) is 68.0 Å². The lowest BCUT2D eigenvalue weighted by Crippen LogP contribution is -2.16. The molecule has 0 aliphatic heterocycles. The number of azo groups is 2. The molecule has 0 aliphatic rings. The highest BCUT2D eigenvalue weighted by Gasteiger charge is 2.24. The first-order valence-electron chi connectivity index (χ1n) is 13.0. The van der Waals surface area contributed by atoms with Gasteiger partial charge in [-0.2, -0.15) is 25.3 Å². The molecule has 286 valence electrons. The fourth-order valence-electron chi connectivity index (χ4n) is 3.65. The van der Waals surface area contributed by atoms with Gasteiger partial charge in [0.2, 0.25) is 0 Å². The molecule has 0 fully saturated rings. The molecular formula is C22H24N6O18S6. The van der Waals surface area contributed by atoms with Crippen molar-refractivity contribution in [1.29, 1.82) is 0 Å². The standard InChI is InChI=1S/C22H24N6O18S6/c23-15-11-16(24)20(28-26-18-4-2-14(10-22(18)51(37,38)39)49(32,33)8-6-44-52(40,41)42)12-19(15)27-25-17-3-1-13(9-21(17)50(34,35)36)48(30,31)7-5-43-47-46-45-29/h1-4,9-12,29H,5-8,23-24H2,(H,34,35,36)(H,37,38,39)(H,40,41,42). The lowest BCUT2D eigenvalue weighted by molar-refractivity contribution is -0.434. The quantitative estimate of drug-likeness (QED) is 0.0204. The van der Waals surface area contributed by atoms with E-state index in [9.17, 15) is 51.2 Å². The third-order valence-corrected chi connectivity index (χ3v) is 11.9. The Morgan fingerprint density at radius 1 is 0.596 bits per heavy atom. The van der Waals surface area contributed by atoms with Crippen LogP contribution in [0, 0.1) is 0 Å². The minimum Gasteiger partial charge on any atom is -0.397 e. The molecule has 3 rings (SSSR count). The molecule has 0 radical (unpaired) electrons. The van der Waals surface area contributed by atoms with Crippen molar-refractivity contribution in [2.24, 2.45) is 20.5 Å². The van der Waals surface area contributed by atoms with Crippen molar-refractivity contribution in [3.05, 3.63) is 48.5 Å². The summed E-state index contributed by atoms with van der Waals surface area (Å²) in [6.45, 7) is -1.53. The maximum Gasteiger partial charge on any atom is 0.397 e. The zero-order valence-electron chi connectivity index (χ0n) is 25.3. The van der Waals surface area contributed by atoms with Crippen molar-refractivity contribution >= 4 is 96.8 Å². The van der Waals surface area contributed by atoms with Gasteiger partial charge in [-0.15, -0.1) is 24.8 Å². The van der Waals surface area contributed by atoms with Crippen LogP contribution >= 0.6 is 12.3 Å². The molecule has 3 aromatic carbocycles. The number of nitrogens with two attached hydrogens (primary N) is 2. The predicted molar refractivity (Wildman–Crippen MR) is 176 cm³/mol. The van der Waals surface area contributed by atoms with Crippen molar-refractivity contribution < 1.29 is 78.7 Å². The summed E-state index contributed by atoms with van der Waals surface area (Å²) in [6, 6.07) is 6.74. The summed E-state index contributed by atoms with van der Waals surface area (Å²) in [7, 11) is -23.9. The Morgan fingerprint density at radius 2 is 1.02 bits per heavy atom. The lowest BCUT2D eigenvalue weighted by Gasteiger charge is -2.09. The van der Waals surface area contributed by atoms with Gasteiger partial charge < -0.3 is 11.5 Å². The van der Waals surface area contributed by atoms with Gasteiger partial charge in [0.15, 0.2) is 32.0 Å². The number of hydrogen-bond acceptors (Lipinski definition) is 22. The summed E-state index contributed by atoms with van der Waals surface area (Å²) in [6.07, 6.45) is 0. The molecular weight excluding hydrogens is 829 g/mol. The Labute approximate surface area is 299 Å². The summed E-state index contributed by atoms with van der Waals surface area (Å²) in [5.41, 5.74) is 9.78. The van der Waals surface area contributed by atoms with E-state index in [1.165, 1.54) is 0 Å². The molecule has 30 heteroatoms. The number of hydrogen-bond donors (Lipinski definition) is 6. The average molecular weight is 853 g/mol. The van der Waals surface area contributed by atoms with Crippen LogP contribution in [0.4, 0.5) is 34.1 Å². The summed E-state index contributed by atoms with van der Waals surface area (Å²) in [5.74, 6) is -1.73. The largest absolute Gasteiger partial charge is 0.397 e. The Balaban J connectivity index is 1.96. The van der Waals surface area contributed by atoms with E-state index in [4.69, 9.17) is 21.3 Å². The Kier molecular flexibility index (Phi) is 13.9. The van der Waals surface area contributed by atoms with Gasteiger partial charge in [0.1, 0.15) is 32.5 Å². The van der Waals surface area contributed by atoms with Crippen LogP contribution in [0.25, 0.3) is 0 Å². The number of anilines is 2. The fraction of sp³-hybridized carbons (Fsp3) is 0.182. The molecule has 0 saturated heterocycles. The van der Waals surface area contributed by atoms with E-state index in [-0.39, 0.29) is 35.1 Å². The smallest absolute Gasteiger partial charge is 0.397 e. The maximum atomic E-state index is 12.6. The highest BCUT2D eigenvalue weighted by molar-refractivity contribution is 7.92. The van der Waals surface area contributed by atoms with E-state index in [0.29, 0.717) is 12.1 Å². The van der Waals surface area contributed by atoms with Gasteiger partial charge in [-0.3, -0.25) is 17.8 Å². The van der Waals surface area contributed by atoms with E-state index < -0.39 is 106 Å². The molecule has 0 saturated carbocycles. The number of nitrogen functional groups attached to an aromatic ring is 2. The van der Waals surface area contributed by atoms with Gasteiger partial charge in [-0.1, -0.05) is 5.04 Å². The van der Waals surface area contributed by atoms with Crippen molar-refractivity contribution in [3.8, 4) is 0 Å². The Hall–Kier alpha value is -3.76. The van der Waals surface area contributed by atoms with Crippen LogP contribution in [0.15, 0.2) is 88.6 Å². The molecule has 0 bridgehead atoms. The van der Waals surface area contributed by atoms with Crippen LogP contribution in [-0.4, -0.2) is 85.7 Å². The van der Waals surface area contributed by atoms with E-state index in [2.05, 4.69) is 38.2 Å². The van der Waals surface area contributed by atoms with Crippen LogP contribution in [0.2, 0.25) is 0 Å². The predicted octanol–water partition coefficient (Wildman–Crippen LogP) is 2.54. The zero-order chi connectivity index (χ0) is 39.1. The van der Waals surface area contributed by atoms with E-state index in [1.807, 2.05) is 0 Å². The van der Waals surface area contributed by atoms with Gasteiger partial charge in [-0.05, 0) is 48.5 Å². The molecule has 0 heterocycles. The summed E-state index contributed by atoms with van der Waals surface area (Å²) < 4.78 is 161. The fourth-order valence-corrected chi connectivity index (χ4v) is 8.04. The average Bonchev–Trinajstić information content (AvgIpc) is 3.02. The summed E-state index contributed by atoms with van der Waals surface area (Å²) in [5, 5.41) is 26.3. The first-order chi connectivity index (χ1) is 23.9. The molecule has 0 aliphatic carbocycles. The molecule has 0 aromatic heterocycles. The summed E-state index contributed by atoms with van der Waals surface area (Å²) >= 11 is 0.105. The second-order valence-electron chi connectivity index (χ2n) is 9.50. The minimum absolute atomic E-state index is 0.105. The molecule has 8 N–H and O–H groups in total. The van der Waals surface area contributed by atoms with Crippen LogP contribution in [0.5, 0.6) is 0 Å². The molecule has 52 heavy (non-hydrogen) atoms. The SMILES string of the molecule is Nc1cc(N)c(N=Nc2ccc(S(=O)(=O)CCOS(=O)(=O)O)cc2S(=O)(=O)O)cc1N=Nc1ccc(S(=O)(=O)CCOSOOO)cc1S(=O)(=O)O. The van der Waals surface area contributed by atoms with Gasteiger partial charge in [0.05, 0.1) is 45.9 Å². The third-order valence-electron chi connectivity index (χ3n) is 5.97. The molecule has 24 nitrogen and oxygen atoms in total. The normalized spacial score (nSPS) is 13.3. The number of benzene rings is 3. The van der Waals surface area contributed by atoms with Crippen molar-refractivity contribution in [3.63, 3.8) is 0 Å². The van der Waals surface area contributed by atoms with Crippen LogP contribution in [0.1, 0.15) is 0 Å². The van der Waals surface area contributed by atoms with E-state index in [0.717, 1.165) is 36.4 Å². The molecule has 0 amide bonds. The zero-order valence-corrected chi connectivity index (χ0v) is 30.2. The van der Waals surface area contributed by atoms with Crippen LogP contribution < -0.4 is 11.5 Å². The number of nitrogens with zero attached hydrogens (tertiary/aromatic N) is 4. The molecule has 0 spiro atoms. The maximum absolute atomic E-state index is 12.6. The van der Waals surface area contributed by atoms with Gasteiger partial charge in [0.25, 0.3) is 20.2 Å². The summed E-state index contributed by atoms with van der Waals surface area (Å²) in [4.78, 5) is -3.31. The second kappa shape index (κ2) is 16.9. The van der Waals surface area contributed by atoms with Crippen molar-refractivity contribution in [2.75, 3.05) is 36.2 Å². The van der Waals surface area contributed by atoms with Gasteiger partial charge >= 0.3 is 10.4 Å². The monoisotopic (exact) mass is 852 g/mol. The molecule has 0 atom stereocenters. The van der Waals surface area contributed by atoms with E-state index >= 15 is 0 Å². The van der Waals surface area contributed by atoms with E-state index in [1.54, 1.807) is 0 Å². The van der Waals surface area contributed by atoms with Crippen LogP contribution in [0.3, 0.4) is 0 Å². The molecule has 0 unspecified atom stereocenters. The van der Waals surface area contributed by atoms with Gasteiger partial charge in [0, 0.05) is 0 Å². The third kappa shape index (κ3) is 12.2. The topological polar surface area (TPSA) is 390 Å². The lowest BCUT2D eigenvalue weighted by atomic mass is 10.2. The first-order valence-corrected chi connectivity index (χ1v) is 21.3. The highest BCUT2D eigenvalue weighted by atomic mass is 32.3. The molecule has 3 aromatic rings. The van der Waals surface area contributed by atoms with Crippen molar-refractivity contribution in [2.45, 2.75) is 19.6 Å². The first kappa shape index (κ1) is 42.7. The highest BCUT2D eigenvalue weighted by Crippen LogP contribution is 2.37. The number of sulfone groups is 2.